The third-order valence-corrected chi connectivity index (χ3v) is 4.68. The predicted octanol–water partition coefficient (Wildman–Crippen LogP) is 3.26. The number of hydrazine groups is 1. The number of hydrogen-bond donors (Lipinski definition) is 3. The number of benzene rings is 3. The Kier molecular flexibility index (Phi) is 4.36. The van der Waals surface area contributed by atoms with Gasteiger partial charge in [0.1, 0.15) is 6.04 Å². The summed E-state index contributed by atoms with van der Waals surface area (Å²) in [5.41, 5.74) is 8.66. The lowest BCUT2D eigenvalue weighted by Gasteiger charge is -2.13. The molecule has 1 aliphatic heterocycles. The van der Waals surface area contributed by atoms with E-state index >= 15 is 0 Å². The van der Waals surface area contributed by atoms with Crippen LogP contribution in [0, 0.1) is 11.3 Å². The fourth-order valence-electron chi connectivity index (χ4n) is 3.38. The fourth-order valence-corrected chi connectivity index (χ4v) is 3.38. The Labute approximate surface area is 151 Å². The summed E-state index contributed by atoms with van der Waals surface area (Å²) in [7, 11) is 0. The third-order valence-electron chi connectivity index (χ3n) is 4.68. The van der Waals surface area contributed by atoms with Crippen LogP contribution < -0.4 is 16.2 Å². The van der Waals surface area contributed by atoms with E-state index in [-0.39, 0.29) is 18.0 Å². The average Bonchev–Trinajstić information content (AvgIpc) is 3.18. The van der Waals surface area contributed by atoms with Gasteiger partial charge in [0.25, 0.3) is 0 Å². The van der Waals surface area contributed by atoms with Crippen LogP contribution in [0.15, 0.2) is 66.7 Å². The molecule has 0 aliphatic carbocycles. The Bertz CT molecular complexity index is 1000. The third kappa shape index (κ3) is 3.16. The summed E-state index contributed by atoms with van der Waals surface area (Å²) in [6, 6.07) is 23.2. The summed E-state index contributed by atoms with van der Waals surface area (Å²) in [6.45, 7) is 0. The van der Waals surface area contributed by atoms with Crippen molar-refractivity contribution >= 4 is 22.4 Å². The maximum Gasteiger partial charge on any atom is 0.242 e. The van der Waals surface area contributed by atoms with Crippen LogP contribution in [0.25, 0.3) is 10.8 Å². The number of fused-ring (bicyclic) bond motifs is 1. The molecule has 4 rings (SSSR count). The van der Waals surface area contributed by atoms with Crippen molar-refractivity contribution < 1.29 is 4.79 Å². The first-order chi connectivity index (χ1) is 12.7. The van der Waals surface area contributed by atoms with Crippen LogP contribution in [-0.2, 0) is 4.79 Å². The van der Waals surface area contributed by atoms with Crippen molar-refractivity contribution in [2.75, 3.05) is 5.32 Å². The number of amides is 1. The van der Waals surface area contributed by atoms with E-state index in [9.17, 15) is 4.79 Å². The number of carbonyl (C=O) groups excluding carboxylic acids is 1. The van der Waals surface area contributed by atoms with Gasteiger partial charge in [-0.1, -0.05) is 48.5 Å². The van der Waals surface area contributed by atoms with Gasteiger partial charge in [0.2, 0.25) is 5.91 Å². The molecule has 3 aromatic rings. The second-order valence-electron chi connectivity index (χ2n) is 6.38. The molecule has 0 radical (unpaired) electrons. The SMILES string of the molecule is N#Cc1cccc(NC(=O)C2CC(c3cccc4ccccc34)NN2)c1. The molecule has 1 aliphatic rings. The monoisotopic (exact) mass is 342 g/mol. The van der Waals surface area contributed by atoms with Crippen molar-refractivity contribution in [2.24, 2.45) is 0 Å². The van der Waals surface area contributed by atoms with Gasteiger partial charge < -0.3 is 5.32 Å². The van der Waals surface area contributed by atoms with Gasteiger partial charge in [-0.05, 0) is 41.0 Å². The molecule has 1 amide bonds. The van der Waals surface area contributed by atoms with E-state index in [4.69, 9.17) is 5.26 Å². The molecule has 1 saturated heterocycles. The van der Waals surface area contributed by atoms with Crippen molar-refractivity contribution in [3.63, 3.8) is 0 Å². The molecule has 0 saturated carbocycles. The van der Waals surface area contributed by atoms with Gasteiger partial charge in [-0.3, -0.25) is 4.79 Å². The van der Waals surface area contributed by atoms with Crippen molar-refractivity contribution in [3.05, 3.63) is 77.9 Å². The Morgan fingerprint density at radius 1 is 1.04 bits per heavy atom. The van der Waals surface area contributed by atoms with Crippen molar-refractivity contribution in [1.29, 1.82) is 5.26 Å². The summed E-state index contributed by atoms with van der Waals surface area (Å²) in [5.74, 6) is -0.115. The molecule has 5 nitrogen and oxygen atoms in total. The van der Waals surface area contributed by atoms with E-state index in [2.05, 4.69) is 46.5 Å². The topological polar surface area (TPSA) is 77.0 Å². The summed E-state index contributed by atoms with van der Waals surface area (Å²) < 4.78 is 0. The van der Waals surface area contributed by atoms with E-state index in [1.807, 2.05) is 18.2 Å². The van der Waals surface area contributed by atoms with Crippen molar-refractivity contribution in [2.45, 2.75) is 18.5 Å². The molecule has 0 aromatic heterocycles. The highest BCUT2D eigenvalue weighted by molar-refractivity contribution is 5.95. The quantitative estimate of drug-likeness (QED) is 0.683. The molecule has 3 N–H and O–H groups in total. The maximum atomic E-state index is 12.6. The standard InChI is InChI=1S/C21H18N4O/c22-13-14-5-3-8-16(11-14)23-21(26)20-12-19(24-25-20)18-10-4-7-15-6-1-2-9-17(15)18/h1-11,19-20,24-25H,12H2,(H,23,26). The Balaban J connectivity index is 1.49. The molecule has 2 atom stereocenters. The molecule has 1 fully saturated rings. The van der Waals surface area contributed by atoms with Crippen molar-refractivity contribution in [3.8, 4) is 6.07 Å². The highest BCUT2D eigenvalue weighted by Gasteiger charge is 2.30. The second kappa shape index (κ2) is 6.96. The second-order valence-corrected chi connectivity index (χ2v) is 6.38. The van der Waals surface area contributed by atoms with Gasteiger partial charge in [0, 0.05) is 11.7 Å². The summed E-state index contributed by atoms with van der Waals surface area (Å²) in [4.78, 5) is 12.6. The molecular formula is C21H18N4O. The Morgan fingerprint density at radius 2 is 1.85 bits per heavy atom. The van der Waals surface area contributed by atoms with Gasteiger partial charge in [-0.2, -0.15) is 5.26 Å². The minimum Gasteiger partial charge on any atom is -0.325 e. The number of rotatable bonds is 3. The zero-order valence-corrected chi connectivity index (χ0v) is 14.1. The first kappa shape index (κ1) is 16.3. The number of carbonyl (C=O) groups is 1. The highest BCUT2D eigenvalue weighted by Crippen LogP contribution is 2.29. The summed E-state index contributed by atoms with van der Waals surface area (Å²) >= 11 is 0. The van der Waals surface area contributed by atoms with Crippen LogP contribution in [0.2, 0.25) is 0 Å². The molecule has 5 heteroatoms. The normalized spacial score (nSPS) is 19.2. The van der Waals surface area contributed by atoms with E-state index in [0.29, 0.717) is 17.7 Å². The highest BCUT2D eigenvalue weighted by atomic mass is 16.2. The minimum absolute atomic E-state index is 0.0577. The van der Waals surface area contributed by atoms with Gasteiger partial charge in [-0.15, -0.1) is 0 Å². The van der Waals surface area contributed by atoms with Crippen LogP contribution in [0.3, 0.4) is 0 Å². The number of nitriles is 1. The molecule has 26 heavy (non-hydrogen) atoms. The lowest BCUT2D eigenvalue weighted by Crippen LogP contribution is -2.39. The molecule has 0 bridgehead atoms. The van der Waals surface area contributed by atoms with E-state index in [1.54, 1.807) is 24.3 Å². The Morgan fingerprint density at radius 3 is 2.73 bits per heavy atom. The average molecular weight is 342 g/mol. The number of anilines is 1. The van der Waals surface area contributed by atoms with E-state index in [1.165, 1.54) is 16.3 Å². The number of hydrogen-bond acceptors (Lipinski definition) is 4. The summed E-state index contributed by atoms with van der Waals surface area (Å²) in [5, 5.41) is 14.2. The molecule has 3 aromatic carbocycles. The first-order valence-corrected chi connectivity index (χ1v) is 8.54. The fraction of sp³-hybridized carbons (Fsp3) is 0.143. The van der Waals surface area contributed by atoms with Crippen LogP contribution in [0.4, 0.5) is 5.69 Å². The van der Waals surface area contributed by atoms with Gasteiger partial charge in [0.15, 0.2) is 0 Å². The molecule has 0 spiro atoms. The van der Waals surface area contributed by atoms with E-state index in [0.717, 1.165) is 0 Å². The smallest absolute Gasteiger partial charge is 0.242 e. The molecule has 2 unspecified atom stereocenters. The van der Waals surface area contributed by atoms with Gasteiger partial charge in [-0.25, -0.2) is 10.9 Å². The van der Waals surface area contributed by atoms with E-state index < -0.39 is 0 Å². The maximum absolute atomic E-state index is 12.6. The van der Waals surface area contributed by atoms with Crippen molar-refractivity contribution in [1.82, 2.24) is 10.9 Å². The van der Waals surface area contributed by atoms with Gasteiger partial charge >= 0.3 is 0 Å². The zero-order valence-electron chi connectivity index (χ0n) is 14.1. The minimum atomic E-state index is -0.343. The molecule has 128 valence electrons. The van der Waals surface area contributed by atoms with Crippen LogP contribution in [-0.4, -0.2) is 11.9 Å². The number of nitrogens with zero attached hydrogens (tertiary/aromatic N) is 1. The van der Waals surface area contributed by atoms with Crippen LogP contribution in [0.5, 0.6) is 0 Å². The lowest BCUT2D eigenvalue weighted by molar-refractivity contribution is -0.117. The molecule has 1 heterocycles. The first-order valence-electron chi connectivity index (χ1n) is 8.54. The molecular weight excluding hydrogens is 324 g/mol. The number of nitrogens with one attached hydrogen (secondary N) is 3. The predicted molar refractivity (Wildman–Crippen MR) is 101 cm³/mol. The van der Waals surface area contributed by atoms with Crippen LogP contribution in [0.1, 0.15) is 23.6 Å². The zero-order chi connectivity index (χ0) is 17.9. The Hall–Kier alpha value is -3.20. The lowest BCUT2D eigenvalue weighted by atomic mass is 9.96. The van der Waals surface area contributed by atoms with Crippen LogP contribution >= 0.6 is 0 Å². The largest absolute Gasteiger partial charge is 0.325 e. The summed E-state index contributed by atoms with van der Waals surface area (Å²) in [6.07, 6.45) is 0.651. The van der Waals surface area contributed by atoms with Gasteiger partial charge in [0.05, 0.1) is 11.6 Å².